The molecule has 0 saturated carbocycles. The molecule has 1 aromatic rings. The number of halogens is 3. The van der Waals surface area contributed by atoms with Crippen molar-refractivity contribution < 1.29 is 4.39 Å². The fourth-order valence-corrected chi connectivity index (χ4v) is 2.79. The van der Waals surface area contributed by atoms with Crippen LogP contribution in [-0.2, 0) is 6.42 Å². The molecular weight excluding hydrogens is 335 g/mol. The van der Waals surface area contributed by atoms with Crippen molar-refractivity contribution in [1.82, 2.24) is 0 Å². The van der Waals surface area contributed by atoms with Gasteiger partial charge in [0, 0.05) is 5.33 Å². The van der Waals surface area contributed by atoms with Crippen LogP contribution in [0.1, 0.15) is 25.8 Å². The summed E-state index contributed by atoms with van der Waals surface area (Å²) >= 11 is 6.77. The molecule has 16 heavy (non-hydrogen) atoms. The summed E-state index contributed by atoms with van der Waals surface area (Å²) in [5.41, 5.74) is 1.19. The van der Waals surface area contributed by atoms with E-state index < -0.39 is 0 Å². The summed E-state index contributed by atoms with van der Waals surface area (Å²) in [5.74, 6) is 1.13. The third-order valence-electron chi connectivity index (χ3n) is 2.53. The molecule has 0 spiro atoms. The van der Waals surface area contributed by atoms with Crippen molar-refractivity contribution >= 4 is 31.9 Å². The SMILES string of the molecule is CC(C)CC(CBr)Cc1ccc(F)c(Br)c1. The first-order valence-corrected chi connectivity index (χ1v) is 7.44. The first-order chi connectivity index (χ1) is 7.52. The highest BCUT2D eigenvalue weighted by Gasteiger charge is 2.11. The van der Waals surface area contributed by atoms with Gasteiger partial charge in [0.1, 0.15) is 5.82 Å². The zero-order chi connectivity index (χ0) is 12.1. The van der Waals surface area contributed by atoms with Gasteiger partial charge in [-0.1, -0.05) is 35.8 Å². The lowest BCUT2D eigenvalue weighted by atomic mass is 9.93. The number of alkyl halides is 1. The summed E-state index contributed by atoms with van der Waals surface area (Å²) in [4.78, 5) is 0. The molecule has 1 rings (SSSR count). The van der Waals surface area contributed by atoms with E-state index >= 15 is 0 Å². The maximum absolute atomic E-state index is 13.1. The number of rotatable bonds is 5. The van der Waals surface area contributed by atoms with E-state index in [-0.39, 0.29) is 5.82 Å². The lowest BCUT2D eigenvalue weighted by molar-refractivity contribution is 0.445. The second-order valence-electron chi connectivity index (χ2n) is 4.60. The molecule has 0 aliphatic rings. The summed E-state index contributed by atoms with van der Waals surface area (Å²) in [6.45, 7) is 4.46. The van der Waals surface area contributed by atoms with Gasteiger partial charge in [0.2, 0.25) is 0 Å². The van der Waals surface area contributed by atoms with Crippen LogP contribution in [0.25, 0.3) is 0 Å². The lowest BCUT2D eigenvalue weighted by Gasteiger charge is -2.16. The van der Waals surface area contributed by atoms with Crippen molar-refractivity contribution in [3.8, 4) is 0 Å². The van der Waals surface area contributed by atoms with Crippen LogP contribution in [0.2, 0.25) is 0 Å². The lowest BCUT2D eigenvalue weighted by Crippen LogP contribution is -2.09. The Labute approximate surface area is 114 Å². The molecule has 0 fully saturated rings. The number of hydrogen-bond donors (Lipinski definition) is 0. The molecule has 0 amide bonds. The molecule has 0 N–H and O–H groups in total. The predicted molar refractivity (Wildman–Crippen MR) is 74.5 cm³/mol. The van der Waals surface area contributed by atoms with Gasteiger partial charge in [-0.25, -0.2) is 4.39 Å². The van der Waals surface area contributed by atoms with Crippen molar-refractivity contribution in [2.45, 2.75) is 26.7 Å². The molecule has 0 heterocycles. The zero-order valence-electron chi connectivity index (χ0n) is 9.64. The maximum Gasteiger partial charge on any atom is 0.137 e. The molecular formula is C13H17Br2F. The van der Waals surface area contributed by atoms with Gasteiger partial charge in [0.15, 0.2) is 0 Å². The van der Waals surface area contributed by atoms with Crippen LogP contribution in [0.15, 0.2) is 22.7 Å². The molecule has 0 saturated heterocycles. The van der Waals surface area contributed by atoms with Gasteiger partial charge in [-0.15, -0.1) is 0 Å². The standard InChI is InChI=1S/C13H17Br2F/c1-9(2)5-11(8-14)6-10-3-4-13(16)12(15)7-10/h3-4,7,9,11H,5-6,8H2,1-2H3. The second kappa shape index (κ2) is 6.75. The smallest absolute Gasteiger partial charge is 0.137 e. The van der Waals surface area contributed by atoms with Crippen LogP contribution in [0, 0.1) is 17.7 Å². The Bertz CT molecular complexity index is 337. The van der Waals surface area contributed by atoms with Crippen molar-refractivity contribution in [2.75, 3.05) is 5.33 Å². The molecule has 1 aromatic carbocycles. The van der Waals surface area contributed by atoms with Crippen molar-refractivity contribution in [3.63, 3.8) is 0 Å². The molecule has 90 valence electrons. The van der Waals surface area contributed by atoms with E-state index in [9.17, 15) is 4.39 Å². The van der Waals surface area contributed by atoms with E-state index in [1.54, 1.807) is 0 Å². The summed E-state index contributed by atoms with van der Waals surface area (Å²) in [5, 5.41) is 1.00. The third-order valence-corrected chi connectivity index (χ3v) is 4.05. The van der Waals surface area contributed by atoms with Crippen molar-refractivity contribution in [3.05, 3.63) is 34.1 Å². The quantitative estimate of drug-likeness (QED) is 0.640. The van der Waals surface area contributed by atoms with Crippen LogP contribution >= 0.6 is 31.9 Å². The molecule has 1 unspecified atom stereocenters. The molecule has 0 aromatic heterocycles. The van der Waals surface area contributed by atoms with Gasteiger partial charge in [-0.05, 0) is 58.3 Å². The molecule has 0 aliphatic carbocycles. The highest BCUT2D eigenvalue weighted by Crippen LogP contribution is 2.22. The molecule has 0 aliphatic heterocycles. The largest absolute Gasteiger partial charge is 0.206 e. The predicted octanol–water partition coefficient (Wildman–Crippen LogP) is 5.19. The van der Waals surface area contributed by atoms with Gasteiger partial charge in [0.05, 0.1) is 4.47 Å². The van der Waals surface area contributed by atoms with Crippen molar-refractivity contribution in [1.29, 1.82) is 0 Å². The van der Waals surface area contributed by atoms with Gasteiger partial charge >= 0.3 is 0 Å². The molecule has 1 atom stereocenters. The summed E-state index contributed by atoms with van der Waals surface area (Å²) in [6.07, 6.45) is 2.20. The van der Waals surface area contributed by atoms with Gasteiger partial charge in [0.25, 0.3) is 0 Å². The van der Waals surface area contributed by atoms with Crippen LogP contribution in [-0.4, -0.2) is 5.33 Å². The minimum absolute atomic E-state index is 0.192. The molecule has 3 heteroatoms. The fraction of sp³-hybridized carbons (Fsp3) is 0.538. The van der Waals surface area contributed by atoms with Gasteiger partial charge in [-0.2, -0.15) is 0 Å². The summed E-state index contributed by atoms with van der Waals surface area (Å²) in [6, 6.07) is 5.28. The minimum Gasteiger partial charge on any atom is -0.206 e. The van der Waals surface area contributed by atoms with Crippen LogP contribution in [0.4, 0.5) is 4.39 Å². The Morgan fingerprint density at radius 1 is 1.31 bits per heavy atom. The minimum atomic E-state index is -0.192. The first-order valence-electron chi connectivity index (χ1n) is 5.52. The first kappa shape index (κ1) is 14.2. The average Bonchev–Trinajstić information content (AvgIpc) is 2.22. The molecule has 0 radical (unpaired) electrons. The highest BCUT2D eigenvalue weighted by molar-refractivity contribution is 9.10. The number of benzene rings is 1. The highest BCUT2D eigenvalue weighted by atomic mass is 79.9. The normalized spacial score (nSPS) is 13.1. The van der Waals surface area contributed by atoms with E-state index in [4.69, 9.17) is 0 Å². The molecule has 0 nitrogen and oxygen atoms in total. The van der Waals surface area contributed by atoms with Gasteiger partial charge in [-0.3, -0.25) is 0 Å². The van der Waals surface area contributed by atoms with E-state index in [2.05, 4.69) is 45.7 Å². The van der Waals surface area contributed by atoms with E-state index in [1.165, 1.54) is 18.1 Å². The van der Waals surface area contributed by atoms with Crippen LogP contribution in [0.3, 0.4) is 0 Å². The maximum atomic E-state index is 13.1. The Morgan fingerprint density at radius 2 is 2.00 bits per heavy atom. The summed E-state index contributed by atoms with van der Waals surface area (Å²) in [7, 11) is 0. The topological polar surface area (TPSA) is 0 Å². The summed E-state index contributed by atoms with van der Waals surface area (Å²) < 4.78 is 13.6. The van der Waals surface area contributed by atoms with E-state index in [0.29, 0.717) is 16.3 Å². The average molecular weight is 352 g/mol. The third kappa shape index (κ3) is 4.54. The fourth-order valence-electron chi connectivity index (χ4n) is 1.87. The van der Waals surface area contributed by atoms with Gasteiger partial charge < -0.3 is 0 Å². The Balaban J connectivity index is 2.66. The zero-order valence-corrected chi connectivity index (χ0v) is 12.8. The van der Waals surface area contributed by atoms with Crippen LogP contribution in [0.5, 0.6) is 0 Å². The second-order valence-corrected chi connectivity index (χ2v) is 6.10. The Hall–Kier alpha value is 0.110. The van der Waals surface area contributed by atoms with E-state index in [0.717, 1.165) is 11.8 Å². The number of hydrogen-bond acceptors (Lipinski definition) is 0. The van der Waals surface area contributed by atoms with Crippen molar-refractivity contribution in [2.24, 2.45) is 11.8 Å². The monoisotopic (exact) mass is 350 g/mol. The Morgan fingerprint density at radius 3 is 2.50 bits per heavy atom. The Kier molecular flexibility index (Phi) is 5.98. The molecule has 0 bridgehead atoms. The van der Waals surface area contributed by atoms with E-state index in [1.807, 2.05) is 12.1 Å². The van der Waals surface area contributed by atoms with Crippen LogP contribution < -0.4 is 0 Å².